The third-order valence-electron chi connectivity index (χ3n) is 2.65. The number of methoxy groups -OCH3 is 1. The number of imide groups is 1. The van der Waals surface area contributed by atoms with E-state index >= 15 is 0 Å². The molecule has 0 aliphatic heterocycles. The van der Waals surface area contributed by atoms with Crippen LogP contribution in [0.15, 0.2) is 29.4 Å². The molecule has 1 atom stereocenters. The van der Waals surface area contributed by atoms with E-state index in [0.717, 1.165) is 11.8 Å². The summed E-state index contributed by atoms with van der Waals surface area (Å²) in [5.74, 6) is 0.0676. The lowest BCUT2D eigenvalue weighted by Gasteiger charge is -2.11. The zero-order chi connectivity index (χ0) is 16.1. The Hall–Kier alpha value is -2.62. The van der Waals surface area contributed by atoms with Gasteiger partial charge in [0.15, 0.2) is 0 Å². The number of carbonyl (C=O) groups is 2. The smallest absolute Gasteiger partial charge is 0.318 e. The first-order chi connectivity index (χ1) is 10.5. The second-order valence-electron chi connectivity index (χ2n) is 4.16. The standard InChI is InChI=1S/C12H14N6O3S/c1-7(10(19)14-11(13)20)22-12-15-16-17-18(12)8-5-3-4-6-9(8)21-2/h3-7H,1-2H3,(H3,13,14,19,20). The molecule has 0 bridgehead atoms. The summed E-state index contributed by atoms with van der Waals surface area (Å²) in [7, 11) is 1.54. The van der Waals surface area contributed by atoms with Crippen LogP contribution in [0.3, 0.4) is 0 Å². The summed E-state index contributed by atoms with van der Waals surface area (Å²) >= 11 is 1.09. The van der Waals surface area contributed by atoms with Crippen LogP contribution in [0.5, 0.6) is 5.75 Å². The van der Waals surface area contributed by atoms with Crippen molar-refractivity contribution in [2.75, 3.05) is 7.11 Å². The fourth-order valence-electron chi connectivity index (χ4n) is 1.64. The number of nitrogens with one attached hydrogen (secondary N) is 1. The molecule has 9 nitrogen and oxygen atoms in total. The van der Waals surface area contributed by atoms with Gasteiger partial charge in [-0.05, 0) is 29.5 Å². The van der Waals surface area contributed by atoms with Crippen molar-refractivity contribution < 1.29 is 14.3 Å². The van der Waals surface area contributed by atoms with Gasteiger partial charge in [-0.2, -0.15) is 4.68 Å². The van der Waals surface area contributed by atoms with Gasteiger partial charge in [-0.25, -0.2) is 4.79 Å². The number of hydrogen-bond acceptors (Lipinski definition) is 7. The van der Waals surface area contributed by atoms with E-state index in [4.69, 9.17) is 10.5 Å². The zero-order valence-corrected chi connectivity index (χ0v) is 12.7. The van der Waals surface area contributed by atoms with E-state index in [1.165, 1.54) is 4.68 Å². The number of nitrogens with two attached hydrogens (primary N) is 1. The quantitative estimate of drug-likeness (QED) is 0.761. The number of urea groups is 1. The molecule has 0 saturated heterocycles. The average Bonchev–Trinajstić information content (AvgIpc) is 2.94. The van der Waals surface area contributed by atoms with Crippen molar-refractivity contribution in [1.82, 2.24) is 25.5 Å². The molecule has 0 aliphatic carbocycles. The first kappa shape index (κ1) is 15.8. The highest BCUT2D eigenvalue weighted by Crippen LogP contribution is 2.27. The largest absolute Gasteiger partial charge is 0.494 e. The molecule has 3 amide bonds. The van der Waals surface area contributed by atoms with E-state index in [9.17, 15) is 9.59 Å². The highest BCUT2D eigenvalue weighted by molar-refractivity contribution is 8.00. The molecule has 1 heterocycles. The van der Waals surface area contributed by atoms with Crippen molar-refractivity contribution in [1.29, 1.82) is 0 Å². The number of ether oxygens (including phenoxy) is 1. The lowest BCUT2D eigenvalue weighted by atomic mass is 10.3. The minimum Gasteiger partial charge on any atom is -0.494 e. The summed E-state index contributed by atoms with van der Waals surface area (Å²) in [4.78, 5) is 22.4. The number of carbonyl (C=O) groups excluding carboxylic acids is 2. The molecular weight excluding hydrogens is 308 g/mol. The second-order valence-corrected chi connectivity index (χ2v) is 5.47. The highest BCUT2D eigenvalue weighted by atomic mass is 32.2. The van der Waals surface area contributed by atoms with Crippen LogP contribution in [0.2, 0.25) is 0 Å². The van der Waals surface area contributed by atoms with Crippen LogP contribution in [0.1, 0.15) is 6.92 Å². The van der Waals surface area contributed by atoms with Crippen molar-refractivity contribution in [3.63, 3.8) is 0 Å². The Kier molecular flexibility index (Phi) is 4.94. The van der Waals surface area contributed by atoms with Crippen LogP contribution in [0.25, 0.3) is 5.69 Å². The fraction of sp³-hybridized carbons (Fsp3) is 0.250. The lowest BCUT2D eigenvalue weighted by Crippen LogP contribution is -2.39. The Morgan fingerprint density at radius 3 is 2.82 bits per heavy atom. The molecule has 0 radical (unpaired) electrons. The van der Waals surface area contributed by atoms with Gasteiger partial charge in [0.1, 0.15) is 11.4 Å². The third-order valence-corrected chi connectivity index (χ3v) is 3.69. The molecule has 3 N–H and O–H groups in total. The topological polar surface area (TPSA) is 125 Å². The molecule has 1 aromatic carbocycles. The Labute approximate surface area is 130 Å². The van der Waals surface area contributed by atoms with Crippen molar-refractivity contribution in [2.24, 2.45) is 5.73 Å². The SMILES string of the molecule is COc1ccccc1-n1nnnc1SC(C)C(=O)NC(N)=O. The van der Waals surface area contributed by atoms with Gasteiger partial charge in [0.25, 0.3) is 0 Å². The van der Waals surface area contributed by atoms with Gasteiger partial charge in [0.05, 0.1) is 12.4 Å². The summed E-state index contributed by atoms with van der Waals surface area (Å²) in [5.41, 5.74) is 5.56. The molecular formula is C12H14N6O3S. The summed E-state index contributed by atoms with van der Waals surface area (Å²) in [6.07, 6.45) is 0. The van der Waals surface area contributed by atoms with E-state index in [1.54, 1.807) is 26.2 Å². The Bertz CT molecular complexity index is 689. The molecule has 1 aromatic heterocycles. The summed E-state index contributed by atoms with van der Waals surface area (Å²) in [6.45, 7) is 1.62. The average molecular weight is 322 g/mol. The molecule has 10 heteroatoms. The number of thioether (sulfide) groups is 1. The van der Waals surface area contributed by atoms with Crippen LogP contribution >= 0.6 is 11.8 Å². The van der Waals surface area contributed by atoms with Gasteiger partial charge >= 0.3 is 6.03 Å². The second kappa shape index (κ2) is 6.89. The summed E-state index contributed by atoms with van der Waals surface area (Å²) in [6, 6.07) is 6.30. The third kappa shape index (κ3) is 3.52. The van der Waals surface area contributed by atoms with Crippen molar-refractivity contribution in [2.45, 2.75) is 17.3 Å². The van der Waals surface area contributed by atoms with Crippen LogP contribution in [0, 0.1) is 0 Å². The first-order valence-electron chi connectivity index (χ1n) is 6.21. The Morgan fingerprint density at radius 2 is 2.14 bits per heavy atom. The number of tetrazole rings is 1. The molecule has 2 aromatic rings. The number of nitrogens with zero attached hydrogens (tertiary/aromatic N) is 4. The van der Waals surface area contributed by atoms with Gasteiger partial charge in [-0.1, -0.05) is 23.9 Å². The van der Waals surface area contributed by atoms with E-state index in [0.29, 0.717) is 16.6 Å². The normalized spacial score (nSPS) is 11.7. The minimum absolute atomic E-state index is 0.386. The fourth-order valence-corrected chi connectivity index (χ4v) is 2.44. The van der Waals surface area contributed by atoms with E-state index in [-0.39, 0.29) is 0 Å². The number of para-hydroxylation sites is 2. The Balaban J connectivity index is 2.23. The number of hydrogen-bond donors (Lipinski definition) is 2. The van der Waals surface area contributed by atoms with Gasteiger partial charge in [0, 0.05) is 0 Å². The van der Waals surface area contributed by atoms with E-state index < -0.39 is 17.2 Å². The number of benzene rings is 1. The van der Waals surface area contributed by atoms with Crippen molar-refractivity contribution in [3.05, 3.63) is 24.3 Å². The van der Waals surface area contributed by atoms with Crippen LogP contribution in [-0.2, 0) is 4.79 Å². The predicted octanol–water partition coefficient (Wildman–Crippen LogP) is 0.346. The van der Waals surface area contributed by atoms with Crippen molar-refractivity contribution in [3.8, 4) is 11.4 Å². The molecule has 1 unspecified atom stereocenters. The lowest BCUT2D eigenvalue weighted by molar-refractivity contribution is -0.119. The zero-order valence-electron chi connectivity index (χ0n) is 11.9. The van der Waals surface area contributed by atoms with Gasteiger partial charge in [-0.15, -0.1) is 5.10 Å². The minimum atomic E-state index is -0.901. The van der Waals surface area contributed by atoms with Gasteiger partial charge in [0.2, 0.25) is 11.1 Å². The molecule has 0 saturated carbocycles. The van der Waals surface area contributed by atoms with Crippen molar-refractivity contribution >= 4 is 23.7 Å². The van der Waals surface area contributed by atoms with E-state index in [1.807, 2.05) is 17.4 Å². The number of primary amides is 1. The van der Waals surface area contributed by atoms with E-state index in [2.05, 4.69) is 15.5 Å². The number of rotatable bonds is 5. The van der Waals surface area contributed by atoms with Gasteiger partial charge < -0.3 is 10.5 Å². The Morgan fingerprint density at radius 1 is 1.41 bits per heavy atom. The molecule has 0 fully saturated rings. The number of aromatic nitrogens is 4. The molecule has 0 aliphatic rings. The van der Waals surface area contributed by atoms with Crippen LogP contribution < -0.4 is 15.8 Å². The molecule has 116 valence electrons. The van der Waals surface area contributed by atoms with Crippen LogP contribution in [0.4, 0.5) is 4.79 Å². The maximum absolute atomic E-state index is 11.7. The van der Waals surface area contributed by atoms with Crippen LogP contribution in [-0.4, -0.2) is 44.5 Å². The molecule has 2 rings (SSSR count). The molecule has 22 heavy (non-hydrogen) atoms. The molecule has 0 spiro atoms. The maximum atomic E-state index is 11.7. The summed E-state index contributed by atoms with van der Waals surface area (Å²) in [5, 5.41) is 13.2. The first-order valence-corrected chi connectivity index (χ1v) is 7.09. The maximum Gasteiger partial charge on any atom is 0.318 e. The predicted molar refractivity (Wildman–Crippen MR) is 78.8 cm³/mol. The summed E-state index contributed by atoms with van der Waals surface area (Å²) < 4.78 is 6.72. The van der Waals surface area contributed by atoms with Gasteiger partial charge in [-0.3, -0.25) is 10.1 Å². The highest BCUT2D eigenvalue weighted by Gasteiger charge is 2.21. The monoisotopic (exact) mass is 322 g/mol. The number of amides is 3.